The third kappa shape index (κ3) is 6.58. The lowest BCUT2D eigenvalue weighted by molar-refractivity contribution is -0.137. The number of hydrogen-bond donors (Lipinski definition) is 1. The maximum atomic E-state index is 12.3. The van der Waals surface area contributed by atoms with Gasteiger partial charge in [-0.25, -0.2) is 8.42 Å². The molecule has 0 saturated heterocycles. The van der Waals surface area contributed by atoms with Crippen molar-refractivity contribution in [3.05, 3.63) is 35.4 Å². The first-order valence-corrected chi connectivity index (χ1v) is 7.79. The van der Waals surface area contributed by atoms with E-state index in [2.05, 4.69) is 5.32 Å². The van der Waals surface area contributed by atoms with Crippen molar-refractivity contribution >= 4 is 9.84 Å². The highest BCUT2D eigenvalue weighted by Gasteiger charge is 2.29. The molecule has 0 aliphatic carbocycles. The molecule has 0 aliphatic rings. The number of halogens is 3. The Labute approximate surface area is 110 Å². The minimum absolute atomic E-state index is 0.104. The molecule has 7 heteroatoms. The lowest BCUT2D eigenvalue weighted by Gasteiger charge is -2.08. The standard InChI is InChI=1S/C12H16F3NO2S/c1-19(17,18)8-2-7-16-9-10-3-5-11(6-4-10)12(13,14)15/h3-6,16H,2,7-9H2,1H3. The summed E-state index contributed by atoms with van der Waals surface area (Å²) < 4.78 is 58.7. The first-order valence-electron chi connectivity index (χ1n) is 5.73. The summed E-state index contributed by atoms with van der Waals surface area (Å²) in [5.41, 5.74) is 0.0562. The van der Waals surface area contributed by atoms with Crippen molar-refractivity contribution in [2.24, 2.45) is 0 Å². The van der Waals surface area contributed by atoms with E-state index in [1.165, 1.54) is 18.4 Å². The maximum Gasteiger partial charge on any atom is 0.416 e. The van der Waals surface area contributed by atoms with Gasteiger partial charge < -0.3 is 5.32 Å². The molecule has 19 heavy (non-hydrogen) atoms. The summed E-state index contributed by atoms with van der Waals surface area (Å²) in [4.78, 5) is 0. The van der Waals surface area contributed by atoms with Crippen LogP contribution in [-0.4, -0.2) is 27.0 Å². The Kier molecular flexibility index (Phi) is 5.37. The van der Waals surface area contributed by atoms with Gasteiger partial charge in [0.25, 0.3) is 0 Å². The van der Waals surface area contributed by atoms with E-state index in [1.54, 1.807) is 0 Å². The van der Waals surface area contributed by atoms with E-state index >= 15 is 0 Å². The van der Waals surface area contributed by atoms with Gasteiger partial charge in [0, 0.05) is 12.8 Å². The highest BCUT2D eigenvalue weighted by molar-refractivity contribution is 7.90. The number of benzene rings is 1. The molecule has 108 valence electrons. The van der Waals surface area contributed by atoms with Crippen LogP contribution in [0.5, 0.6) is 0 Å². The molecule has 0 heterocycles. The summed E-state index contributed by atoms with van der Waals surface area (Å²) in [6, 6.07) is 4.89. The smallest absolute Gasteiger partial charge is 0.313 e. The van der Waals surface area contributed by atoms with Gasteiger partial charge in [-0.15, -0.1) is 0 Å². The van der Waals surface area contributed by atoms with Crippen LogP contribution in [0, 0.1) is 0 Å². The fourth-order valence-corrected chi connectivity index (χ4v) is 2.17. The molecule has 1 aromatic carbocycles. The second-order valence-corrected chi connectivity index (χ2v) is 6.61. The maximum absolute atomic E-state index is 12.3. The summed E-state index contributed by atoms with van der Waals surface area (Å²) in [5, 5.41) is 2.99. The Morgan fingerprint density at radius 1 is 1.16 bits per heavy atom. The summed E-state index contributed by atoms with van der Waals surface area (Å²) in [6.07, 6.45) is -2.66. The Morgan fingerprint density at radius 3 is 2.21 bits per heavy atom. The second kappa shape index (κ2) is 6.38. The van der Waals surface area contributed by atoms with Crippen LogP contribution in [0.15, 0.2) is 24.3 Å². The zero-order chi connectivity index (χ0) is 14.5. The van der Waals surface area contributed by atoms with Gasteiger partial charge in [-0.2, -0.15) is 13.2 Å². The minimum atomic E-state index is -4.32. The quantitative estimate of drug-likeness (QED) is 0.819. The number of hydrogen-bond acceptors (Lipinski definition) is 3. The van der Waals surface area contributed by atoms with Crippen molar-refractivity contribution in [1.82, 2.24) is 5.32 Å². The molecule has 0 radical (unpaired) electrons. The highest BCUT2D eigenvalue weighted by atomic mass is 32.2. The molecule has 0 saturated carbocycles. The Bertz CT molecular complexity index is 495. The minimum Gasteiger partial charge on any atom is -0.313 e. The number of nitrogens with one attached hydrogen (secondary N) is 1. The van der Waals surface area contributed by atoms with E-state index in [-0.39, 0.29) is 5.75 Å². The van der Waals surface area contributed by atoms with Crippen molar-refractivity contribution in [2.75, 3.05) is 18.6 Å². The Balaban J connectivity index is 2.35. The largest absolute Gasteiger partial charge is 0.416 e. The fraction of sp³-hybridized carbons (Fsp3) is 0.500. The molecule has 1 aromatic rings. The summed E-state index contributed by atoms with van der Waals surface area (Å²) in [5.74, 6) is 0.104. The monoisotopic (exact) mass is 295 g/mol. The summed E-state index contributed by atoms with van der Waals surface area (Å²) >= 11 is 0. The molecule has 0 bridgehead atoms. The molecule has 1 rings (SSSR count). The molecular weight excluding hydrogens is 279 g/mol. The third-order valence-corrected chi connectivity index (χ3v) is 3.51. The van der Waals surface area contributed by atoms with Crippen LogP contribution in [0.25, 0.3) is 0 Å². The van der Waals surface area contributed by atoms with E-state index in [1.807, 2.05) is 0 Å². The van der Waals surface area contributed by atoms with Crippen LogP contribution in [0.2, 0.25) is 0 Å². The van der Waals surface area contributed by atoms with Gasteiger partial charge >= 0.3 is 6.18 Å². The molecule has 3 nitrogen and oxygen atoms in total. The zero-order valence-electron chi connectivity index (χ0n) is 10.5. The van der Waals surface area contributed by atoms with E-state index in [9.17, 15) is 21.6 Å². The van der Waals surface area contributed by atoms with Crippen molar-refractivity contribution in [1.29, 1.82) is 0 Å². The van der Waals surface area contributed by atoms with Crippen LogP contribution in [0.1, 0.15) is 17.5 Å². The van der Waals surface area contributed by atoms with Gasteiger partial charge in [-0.3, -0.25) is 0 Å². The Hall–Kier alpha value is -1.08. The highest BCUT2D eigenvalue weighted by Crippen LogP contribution is 2.28. The molecule has 0 unspecified atom stereocenters. The van der Waals surface area contributed by atoms with Crippen molar-refractivity contribution in [3.8, 4) is 0 Å². The van der Waals surface area contributed by atoms with E-state index in [0.29, 0.717) is 19.5 Å². The van der Waals surface area contributed by atoms with Gasteiger partial charge in [0.15, 0.2) is 0 Å². The summed E-state index contributed by atoms with van der Waals surface area (Å²) in [6.45, 7) is 0.927. The molecule has 0 amide bonds. The number of sulfone groups is 1. The third-order valence-electron chi connectivity index (χ3n) is 2.48. The van der Waals surface area contributed by atoms with Crippen LogP contribution in [0.3, 0.4) is 0 Å². The lowest BCUT2D eigenvalue weighted by Crippen LogP contribution is -2.18. The average molecular weight is 295 g/mol. The zero-order valence-corrected chi connectivity index (χ0v) is 11.3. The van der Waals surface area contributed by atoms with E-state index in [4.69, 9.17) is 0 Å². The van der Waals surface area contributed by atoms with Gasteiger partial charge in [0.2, 0.25) is 0 Å². The first kappa shape index (κ1) is 16.0. The van der Waals surface area contributed by atoms with Crippen LogP contribution in [0.4, 0.5) is 13.2 Å². The van der Waals surface area contributed by atoms with E-state index in [0.717, 1.165) is 17.7 Å². The molecule has 0 atom stereocenters. The molecule has 0 spiro atoms. The predicted molar refractivity (Wildman–Crippen MR) is 67.5 cm³/mol. The molecule has 0 aliphatic heterocycles. The van der Waals surface area contributed by atoms with Gasteiger partial charge in [0.05, 0.1) is 11.3 Å². The number of alkyl halides is 3. The van der Waals surface area contributed by atoms with Gasteiger partial charge in [-0.05, 0) is 30.7 Å². The van der Waals surface area contributed by atoms with Crippen molar-refractivity contribution < 1.29 is 21.6 Å². The number of rotatable bonds is 6. The molecule has 1 N–H and O–H groups in total. The lowest BCUT2D eigenvalue weighted by atomic mass is 10.1. The fourth-order valence-electron chi connectivity index (χ4n) is 1.50. The Morgan fingerprint density at radius 2 is 1.74 bits per heavy atom. The topological polar surface area (TPSA) is 46.2 Å². The van der Waals surface area contributed by atoms with Crippen LogP contribution < -0.4 is 5.32 Å². The van der Waals surface area contributed by atoms with Crippen molar-refractivity contribution in [2.45, 2.75) is 19.1 Å². The van der Waals surface area contributed by atoms with Gasteiger partial charge in [0.1, 0.15) is 9.84 Å². The predicted octanol–water partition coefficient (Wildman–Crippen LogP) is 2.23. The summed E-state index contributed by atoms with van der Waals surface area (Å²) in [7, 11) is -2.96. The molecule has 0 fully saturated rings. The van der Waals surface area contributed by atoms with Crippen LogP contribution in [-0.2, 0) is 22.6 Å². The normalized spacial score (nSPS) is 12.6. The molecular formula is C12H16F3NO2S. The van der Waals surface area contributed by atoms with Crippen molar-refractivity contribution in [3.63, 3.8) is 0 Å². The average Bonchev–Trinajstić information content (AvgIpc) is 2.26. The van der Waals surface area contributed by atoms with Gasteiger partial charge in [-0.1, -0.05) is 12.1 Å². The molecule has 0 aromatic heterocycles. The van der Waals surface area contributed by atoms with E-state index < -0.39 is 21.6 Å². The SMILES string of the molecule is CS(=O)(=O)CCCNCc1ccc(C(F)(F)F)cc1. The second-order valence-electron chi connectivity index (χ2n) is 4.35. The van der Waals surface area contributed by atoms with Crippen LogP contribution >= 0.6 is 0 Å². The first-order chi connectivity index (χ1) is 8.68.